The number of aromatic nitrogens is 1. The van der Waals surface area contributed by atoms with E-state index in [2.05, 4.69) is 9.98 Å². The lowest BCUT2D eigenvalue weighted by molar-refractivity contribution is 0.100. The molecule has 0 N–H and O–H groups in total. The fourth-order valence-electron chi connectivity index (χ4n) is 1.57. The Balaban J connectivity index is 2.41. The second kappa shape index (κ2) is 7.27. The summed E-state index contributed by atoms with van der Waals surface area (Å²) in [6.45, 7) is 0. The SMILES string of the molecule is CSC(=NC(=O)c1ccc(Cl)cc1)c1c(Cl)cncc1Cl. The second-order valence-electron chi connectivity index (χ2n) is 3.91. The van der Waals surface area contributed by atoms with Crippen molar-refractivity contribution in [3.63, 3.8) is 0 Å². The molecule has 0 saturated heterocycles. The number of pyridine rings is 1. The predicted octanol–water partition coefficient (Wildman–Crippen LogP) is 4.99. The Morgan fingerprint density at radius 2 is 1.67 bits per heavy atom. The molecule has 21 heavy (non-hydrogen) atoms. The average Bonchev–Trinajstić information content (AvgIpc) is 2.46. The molecular weight excluding hydrogens is 351 g/mol. The number of carbonyl (C=O) groups excluding carboxylic acids is 1. The monoisotopic (exact) mass is 358 g/mol. The fourth-order valence-corrected chi connectivity index (χ4v) is 2.95. The van der Waals surface area contributed by atoms with E-state index >= 15 is 0 Å². The van der Waals surface area contributed by atoms with Gasteiger partial charge in [-0.15, -0.1) is 11.8 Å². The lowest BCUT2D eigenvalue weighted by Gasteiger charge is -2.07. The molecule has 0 radical (unpaired) electrons. The van der Waals surface area contributed by atoms with Crippen LogP contribution in [0.15, 0.2) is 41.7 Å². The van der Waals surface area contributed by atoms with E-state index in [1.165, 1.54) is 24.2 Å². The molecule has 0 bridgehead atoms. The zero-order valence-electron chi connectivity index (χ0n) is 10.8. The first-order valence-corrected chi connectivity index (χ1v) is 8.10. The van der Waals surface area contributed by atoms with E-state index in [1.54, 1.807) is 30.5 Å². The molecule has 108 valence electrons. The standard InChI is InChI=1S/C14H9Cl3N2OS/c1-21-14(12-10(16)6-18-7-11(12)17)19-13(20)8-2-4-9(15)5-3-8/h2-7H,1H3. The van der Waals surface area contributed by atoms with Crippen LogP contribution < -0.4 is 0 Å². The van der Waals surface area contributed by atoms with Gasteiger partial charge < -0.3 is 0 Å². The van der Waals surface area contributed by atoms with Crippen LogP contribution in [-0.2, 0) is 0 Å². The Morgan fingerprint density at radius 1 is 1.10 bits per heavy atom. The molecule has 1 amide bonds. The van der Waals surface area contributed by atoms with Crippen LogP contribution >= 0.6 is 46.6 Å². The molecule has 0 saturated carbocycles. The minimum absolute atomic E-state index is 0.347. The minimum atomic E-state index is -0.389. The summed E-state index contributed by atoms with van der Waals surface area (Å²) in [5.41, 5.74) is 0.940. The van der Waals surface area contributed by atoms with Crippen molar-refractivity contribution in [1.29, 1.82) is 0 Å². The number of halogens is 3. The molecule has 1 aromatic heterocycles. The number of amides is 1. The van der Waals surface area contributed by atoms with E-state index in [0.29, 0.717) is 31.2 Å². The summed E-state index contributed by atoms with van der Waals surface area (Å²) in [5.74, 6) is -0.389. The van der Waals surface area contributed by atoms with Crippen LogP contribution in [0.3, 0.4) is 0 Å². The highest BCUT2D eigenvalue weighted by Gasteiger charge is 2.15. The molecule has 1 aromatic carbocycles. The molecule has 7 heteroatoms. The Bertz CT molecular complexity index is 682. The molecule has 0 unspecified atom stereocenters. The van der Waals surface area contributed by atoms with Crippen LogP contribution in [0.4, 0.5) is 0 Å². The van der Waals surface area contributed by atoms with Gasteiger partial charge >= 0.3 is 0 Å². The quantitative estimate of drug-likeness (QED) is 0.560. The maximum Gasteiger partial charge on any atom is 0.278 e. The van der Waals surface area contributed by atoms with Crippen molar-refractivity contribution in [1.82, 2.24) is 4.98 Å². The van der Waals surface area contributed by atoms with E-state index in [-0.39, 0.29) is 5.91 Å². The Morgan fingerprint density at radius 3 is 2.19 bits per heavy atom. The van der Waals surface area contributed by atoms with Gasteiger partial charge in [0.15, 0.2) is 0 Å². The van der Waals surface area contributed by atoms with Gasteiger partial charge in [-0.25, -0.2) is 4.99 Å². The van der Waals surface area contributed by atoms with Crippen molar-refractivity contribution in [2.24, 2.45) is 4.99 Å². The van der Waals surface area contributed by atoms with Crippen molar-refractivity contribution in [3.05, 3.63) is 62.9 Å². The van der Waals surface area contributed by atoms with Gasteiger partial charge in [-0.1, -0.05) is 34.8 Å². The van der Waals surface area contributed by atoms with Gasteiger partial charge in [-0.3, -0.25) is 9.78 Å². The normalized spacial score (nSPS) is 11.5. The van der Waals surface area contributed by atoms with Gasteiger partial charge in [0, 0.05) is 28.5 Å². The molecule has 0 fully saturated rings. The van der Waals surface area contributed by atoms with E-state index in [0.717, 1.165) is 0 Å². The minimum Gasteiger partial charge on any atom is -0.267 e. The van der Waals surface area contributed by atoms with Crippen molar-refractivity contribution in [2.45, 2.75) is 0 Å². The summed E-state index contributed by atoms with van der Waals surface area (Å²) < 4.78 is 0. The number of thioether (sulfide) groups is 1. The van der Waals surface area contributed by atoms with Gasteiger partial charge in [-0.2, -0.15) is 0 Å². The number of hydrogen-bond acceptors (Lipinski definition) is 3. The van der Waals surface area contributed by atoms with Gasteiger partial charge in [-0.05, 0) is 30.5 Å². The van der Waals surface area contributed by atoms with E-state index < -0.39 is 0 Å². The number of hydrogen-bond donors (Lipinski definition) is 0. The van der Waals surface area contributed by atoms with Crippen LogP contribution in [0.5, 0.6) is 0 Å². The highest BCUT2D eigenvalue weighted by molar-refractivity contribution is 8.13. The van der Waals surface area contributed by atoms with Gasteiger partial charge in [0.1, 0.15) is 5.04 Å². The van der Waals surface area contributed by atoms with Crippen molar-refractivity contribution < 1.29 is 4.79 Å². The van der Waals surface area contributed by atoms with Crippen LogP contribution in [0.25, 0.3) is 0 Å². The van der Waals surface area contributed by atoms with E-state index in [1.807, 2.05) is 0 Å². The molecule has 0 spiro atoms. The predicted molar refractivity (Wildman–Crippen MR) is 90.1 cm³/mol. The third kappa shape index (κ3) is 3.98. The summed E-state index contributed by atoms with van der Waals surface area (Å²) in [4.78, 5) is 20.1. The van der Waals surface area contributed by atoms with Crippen LogP contribution in [0.1, 0.15) is 15.9 Å². The van der Waals surface area contributed by atoms with Gasteiger partial charge in [0.25, 0.3) is 5.91 Å². The topological polar surface area (TPSA) is 42.3 Å². The van der Waals surface area contributed by atoms with Crippen LogP contribution in [-0.4, -0.2) is 22.2 Å². The highest BCUT2D eigenvalue weighted by Crippen LogP contribution is 2.27. The number of benzene rings is 1. The third-order valence-electron chi connectivity index (χ3n) is 2.55. The summed E-state index contributed by atoms with van der Waals surface area (Å²) in [6.07, 6.45) is 4.71. The highest BCUT2D eigenvalue weighted by atomic mass is 35.5. The summed E-state index contributed by atoms with van der Waals surface area (Å²) in [7, 11) is 0. The molecule has 0 aliphatic carbocycles. The largest absolute Gasteiger partial charge is 0.278 e. The summed E-state index contributed by atoms with van der Waals surface area (Å²) in [5, 5.41) is 1.69. The third-order valence-corrected chi connectivity index (χ3v) is 4.06. The summed E-state index contributed by atoms with van der Waals surface area (Å²) >= 11 is 19.2. The lowest BCUT2D eigenvalue weighted by atomic mass is 10.2. The Labute approximate surface area is 141 Å². The first-order valence-electron chi connectivity index (χ1n) is 5.75. The average molecular weight is 360 g/mol. The zero-order chi connectivity index (χ0) is 15.4. The smallest absolute Gasteiger partial charge is 0.267 e. The number of carbonyl (C=O) groups is 1. The first kappa shape index (κ1) is 16.3. The number of aliphatic imine (C=N–C) groups is 1. The Hall–Kier alpha value is -1.07. The molecule has 0 atom stereocenters. The second-order valence-corrected chi connectivity index (χ2v) is 5.96. The molecule has 2 aromatic rings. The van der Waals surface area contributed by atoms with Gasteiger partial charge in [0.05, 0.1) is 10.0 Å². The molecule has 1 heterocycles. The van der Waals surface area contributed by atoms with Crippen molar-refractivity contribution in [2.75, 3.05) is 6.26 Å². The molecule has 0 aliphatic rings. The van der Waals surface area contributed by atoms with Crippen molar-refractivity contribution >= 4 is 57.5 Å². The Kier molecular flexibility index (Phi) is 5.65. The maximum atomic E-state index is 12.2. The maximum absolute atomic E-state index is 12.2. The van der Waals surface area contributed by atoms with Crippen LogP contribution in [0, 0.1) is 0 Å². The van der Waals surface area contributed by atoms with Crippen molar-refractivity contribution in [3.8, 4) is 0 Å². The molecule has 0 aliphatic heterocycles. The van der Waals surface area contributed by atoms with E-state index in [9.17, 15) is 4.79 Å². The van der Waals surface area contributed by atoms with E-state index in [4.69, 9.17) is 34.8 Å². The fraction of sp³-hybridized carbons (Fsp3) is 0.0714. The lowest BCUT2D eigenvalue weighted by Crippen LogP contribution is -2.04. The molecule has 2 rings (SSSR count). The molecule has 3 nitrogen and oxygen atoms in total. The molecular formula is C14H9Cl3N2OS. The summed E-state index contributed by atoms with van der Waals surface area (Å²) in [6, 6.07) is 6.49. The number of nitrogens with zero attached hydrogens (tertiary/aromatic N) is 2. The number of rotatable bonds is 2. The first-order chi connectivity index (χ1) is 10.0. The zero-order valence-corrected chi connectivity index (χ0v) is 13.9. The van der Waals surface area contributed by atoms with Gasteiger partial charge in [0.2, 0.25) is 0 Å². The van der Waals surface area contributed by atoms with Crippen LogP contribution in [0.2, 0.25) is 15.1 Å².